The summed E-state index contributed by atoms with van der Waals surface area (Å²) in [5.74, 6) is -0.817. The predicted molar refractivity (Wildman–Crippen MR) is 73.2 cm³/mol. The fourth-order valence-electron chi connectivity index (χ4n) is 3.55. The molecule has 0 saturated carbocycles. The number of ketones is 1. The average molecular weight is 308 g/mol. The van der Waals surface area contributed by atoms with Crippen LogP contribution in [0.3, 0.4) is 0 Å². The fourth-order valence-corrected chi connectivity index (χ4v) is 3.55. The number of nitriles is 1. The molecule has 2 aliphatic rings. The zero-order valence-electron chi connectivity index (χ0n) is 11.8. The van der Waals surface area contributed by atoms with E-state index in [-0.39, 0.29) is 29.1 Å². The molecule has 2 heterocycles. The van der Waals surface area contributed by atoms with Crippen molar-refractivity contribution in [2.24, 2.45) is 5.92 Å². The van der Waals surface area contributed by atoms with Gasteiger partial charge in [-0.2, -0.15) is 18.4 Å². The summed E-state index contributed by atoms with van der Waals surface area (Å²) in [5.41, 5.74) is -1.39. The maximum absolute atomic E-state index is 13.2. The first-order valence-electron chi connectivity index (χ1n) is 7.30. The highest BCUT2D eigenvalue weighted by Gasteiger charge is 2.40. The lowest BCUT2D eigenvalue weighted by atomic mass is 9.84. The second kappa shape index (κ2) is 5.40. The van der Waals surface area contributed by atoms with Gasteiger partial charge in [0.05, 0.1) is 17.2 Å². The van der Waals surface area contributed by atoms with Gasteiger partial charge < -0.3 is 5.32 Å². The van der Waals surface area contributed by atoms with Crippen LogP contribution in [0.4, 0.5) is 13.2 Å². The number of hydrogen-bond acceptors (Lipinski definition) is 3. The van der Waals surface area contributed by atoms with Gasteiger partial charge in [0.1, 0.15) is 0 Å². The van der Waals surface area contributed by atoms with Crippen molar-refractivity contribution in [3.05, 3.63) is 34.9 Å². The number of benzene rings is 1. The zero-order chi connectivity index (χ0) is 15.9. The van der Waals surface area contributed by atoms with Crippen LogP contribution < -0.4 is 5.32 Å². The molecule has 2 fully saturated rings. The predicted octanol–water partition coefficient (Wildman–Crippen LogP) is 3.29. The van der Waals surface area contributed by atoms with Gasteiger partial charge in [-0.05, 0) is 43.9 Å². The van der Waals surface area contributed by atoms with E-state index in [0.717, 1.165) is 25.0 Å². The Morgan fingerprint density at radius 2 is 1.86 bits per heavy atom. The van der Waals surface area contributed by atoms with Crippen LogP contribution in [0.25, 0.3) is 0 Å². The van der Waals surface area contributed by atoms with Crippen molar-refractivity contribution >= 4 is 5.78 Å². The van der Waals surface area contributed by atoms with Crippen LogP contribution in [-0.4, -0.2) is 17.9 Å². The van der Waals surface area contributed by atoms with Gasteiger partial charge in [0.15, 0.2) is 5.78 Å². The van der Waals surface area contributed by atoms with Gasteiger partial charge >= 0.3 is 6.18 Å². The van der Waals surface area contributed by atoms with Crippen molar-refractivity contribution in [1.29, 1.82) is 5.26 Å². The Kier molecular flexibility index (Phi) is 3.69. The number of piperidine rings is 1. The van der Waals surface area contributed by atoms with Crippen LogP contribution in [0.5, 0.6) is 0 Å². The van der Waals surface area contributed by atoms with Crippen LogP contribution in [-0.2, 0) is 6.18 Å². The molecule has 2 atom stereocenters. The van der Waals surface area contributed by atoms with E-state index in [2.05, 4.69) is 5.32 Å². The van der Waals surface area contributed by atoms with E-state index in [1.54, 1.807) is 6.07 Å². The number of nitrogens with zero attached hydrogens (tertiary/aromatic N) is 1. The Bertz CT molecular complexity index is 636. The van der Waals surface area contributed by atoms with Crippen molar-refractivity contribution < 1.29 is 18.0 Å². The Morgan fingerprint density at radius 3 is 2.41 bits per heavy atom. The molecule has 0 radical (unpaired) electrons. The summed E-state index contributed by atoms with van der Waals surface area (Å²) in [4.78, 5) is 12.6. The molecule has 2 aliphatic heterocycles. The lowest BCUT2D eigenvalue weighted by Gasteiger charge is -2.28. The highest BCUT2D eigenvalue weighted by molar-refractivity contribution is 5.99. The third-order valence-electron chi connectivity index (χ3n) is 4.56. The molecule has 0 aliphatic carbocycles. The van der Waals surface area contributed by atoms with E-state index in [9.17, 15) is 18.0 Å². The molecule has 0 aromatic heterocycles. The van der Waals surface area contributed by atoms with E-state index < -0.39 is 17.5 Å². The summed E-state index contributed by atoms with van der Waals surface area (Å²) >= 11 is 0. The third-order valence-corrected chi connectivity index (χ3v) is 4.56. The largest absolute Gasteiger partial charge is 0.417 e. The van der Waals surface area contributed by atoms with Gasteiger partial charge in [0, 0.05) is 23.6 Å². The summed E-state index contributed by atoms with van der Waals surface area (Å²) in [6.07, 6.45) is -1.50. The minimum absolute atomic E-state index is 0.0887. The number of fused-ring (bicyclic) bond motifs is 2. The molecule has 22 heavy (non-hydrogen) atoms. The molecule has 1 aromatic rings. The van der Waals surface area contributed by atoms with Crippen LogP contribution in [0.2, 0.25) is 0 Å². The molecule has 116 valence electrons. The second-order valence-electron chi connectivity index (χ2n) is 6.04. The molecule has 3 nitrogen and oxygen atoms in total. The van der Waals surface area contributed by atoms with E-state index in [4.69, 9.17) is 5.26 Å². The van der Waals surface area contributed by atoms with Gasteiger partial charge in [0.25, 0.3) is 0 Å². The number of halogens is 3. The standard InChI is InChI=1S/C16H15F3N2O/c17-16(18,19)14-5-9(8-20)1-4-13(14)15(22)10-6-11-2-3-12(7-10)21-11/h1,4-5,10-12,21H,2-3,6-7H2. The topological polar surface area (TPSA) is 52.9 Å². The number of Topliss-reactive ketones (excluding diaryl/α,β-unsaturated/α-hetero) is 1. The lowest BCUT2D eigenvalue weighted by molar-refractivity contribution is -0.138. The Labute approximate surface area is 126 Å². The quantitative estimate of drug-likeness (QED) is 0.853. The van der Waals surface area contributed by atoms with Gasteiger partial charge in [-0.3, -0.25) is 4.79 Å². The Balaban J connectivity index is 1.94. The van der Waals surface area contributed by atoms with Crippen LogP contribution >= 0.6 is 0 Å². The van der Waals surface area contributed by atoms with Gasteiger partial charge in [-0.25, -0.2) is 0 Å². The summed E-state index contributed by atoms with van der Waals surface area (Å²) in [6, 6.07) is 5.35. The maximum Gasteiger partial charge on any atom is 0.417 e. The lowest BCUT2D eigenvalue weighted by Crippen LogP contribution is -2.40. The summed E-state index contributed by atoms with van der Waals surface area (Å²) < 4.78 is 39.6. The Hall–Kier alpha value is -1.87. The molecule has 2 bridgehead atoms. The van der Waals surface area contributed by atoms with Crippen LogP contribution in [0.15, 0.2) is 18.2 Å². The summed E-state index contributed by atoms with van der Waals surface area (Å²) in [7, 11) is 0. The Morgan fingerprint density at radius 1 is 1.23 bits per heavy atom. The van der Waals surface area contributed by atoms with Crippen molar-refractivity contribution in [3.8, 4) is 6.07 Å². The minimum atomic E-state index is -4.64. The molecule has 1 aromatic carbocycles. The molecule has 3 rings (SSSR count). The molecular formula is C16H15F3N2O. The molecular weight excluding hydrogens is 293 g/mol. The van der Waals surface area contributed by atoms with E-state index in [1.807, 2.05) is 0 Å². The van der Waals surface area contributed by atoms with E-state index >= 15 is 0 Å². The average Bonchev–Trinajstić information content (AvgIpc) is 2.83. The van der Waals surface area contributed by atoms with Crippen LogP contribution in [0.1, 0.15) is 47.2 Å². The molecule has 0 spiro atoms. The summed E-state index contributed by atoms with van der Waals surface area (Å²) in [6.45, 7) is 0. The minimum Gasteiger partial charge on any atom is -0.311 e. The van der Waals surface area contributed by atoms with Crippen LogP contribution in [0, 0.1) is 17.2 Å². The monoisotopic (exact) mass is 308 g/mol. The zero-order valence-corrected chi connectivity index (χ0v) is 11.8. The van der Waals surface area contributed by atoms with Gasteiger partial charge in [-0.1, -0.05) is 0 Å². The maximum atomic E-state index is 13.2. The van der Waals surface area contributed by atoms with E-state index in [1.165, 1.54) is 6.07 Å². The normalized spacial score (nSPS) is 27.5. The molecule has 0 amide bonds. The number of carbonyl (C=O) groups is 1. The smallest absolute Gasteiger partial charge is 0.311 e. The van der Waals surface area contributed by atoms with Crippen molar-refractivity contribution in [2.75, 3.05) is 0 Å². The van der Waals surface area contributed by atoms with Crippen molar-refractivity contribution in [1.82, 2.24) is 5.32 Å². The fraction of sp³-hybridized carbons (Fsp3) is 0.500. The number of hydrogen-bond donors (Lipinski definition) is 1. The number of alkyl halides is 3. The van der Waals surface area contributed by atoms with Gasteiger partial charge in [-0.15, -0.1) is 0 Å². The highest BCUT2D eigenvalue weighted by atomic mass is 19.4. The number of nitrogens with one attached hydrogen (secondary N) is 1. The number of rotatable bonds is 2. The third kappa shape index (κ3) is 2.73. The van der Waals surface area contributed by atoms with Gasteiger partial charge in [0.2, 0.25) is 0 Å². The molecule has 2 unspecified atom stereocenters. The first-order valence-corrected chi connectivity index (χ1v) is 7.30. The van der Waals surface area contributed by atoms with E-state index in [0.29, 0.717) is 12.8 Å². The highest BCUT2D eigenvalue weighted by Crippen LogP contribution is 2.37. The number of carbonyl (C=O) groups excluding carboxylic acids is 1. The van der Waals surface area contributed by atoms with Crippen molar-refractivity contribution in [3.63, 3.8) is 0 Å². The first-order chi connectivity index (χ1) is 10.4. The first kappa shape index (κ1) is 15.0. The molecule has 2 saturated heterocycles. The molecule has 6 heteroatoms. The molecule has 1 N–H and O–H groups in total. The second-order valence-corrected chi connectivity index (χ2v) is 6.04. The van der Waals surface area contributed by atoms with Crippen molar-refractivity contribution in [2.45, 2.75) is 43.9 Å². The SMILES string of the molecule is N#Cc1ccc(C(=O)C2CC3CCC(C2)N3)c(C(F)(F)F)c1. The summed E-state index contributed by atoms with van der Waals surface area (Å²) in [5, 5.41) is 12.1.